The van der Waals surface area contributed by atoms with E-state index in [9.17, 15) is 37.1 Å². The Bertz CT molecular complexity index is 3850. The fraction of sp³-hybridized carbons (Fsp3) is 0.444. The fourth-order valence-electron chi connectivity index (χ4n) is 7.20. The van der Waals surface area contributed by atoms with Gasteiger partial charge in [-0.2, -0.15) is 81.0 Å². The summed E-state index contributed by atoms with van der Waals surface area (Å²) in [5, 5.41) is 0.0954. The van der Waals surface area contributed by atoms with Crippen LogP contribution in [0.4, 0.5) is 13.2 Å². The Balaban J connectivity index is -0.000000304. The SMILES string of the molecule is BrBr.C=C(C)OCC.CCOC(=O)[C@H]1C[C@@H]1c1ccc(Br)c(F)c1.CCOC(=O)[C@H]1C[C@@H]1c1ccc(C(=O)CBr)c(F)c1.CCOC(=O)[C@H]1C[C@@H]1c1ccc(C(C)=O)c(F)c1.II(I)I(I)I(I)I(I)I(I)I(I)I(I)I(I)I(I)I(I)I(I)I(I)I(I)I(I)I(I)I(I)I.I[I-]I(I)I(I)I(I)I(I)I(I)I(I)I(I)I(I)I(I)I(I)I(I)I(I)I(I)I(I)I(I)I(I)I.S.S.S.S.S.S. The number of halogens is 76. The van der Waals surface area contributed by atoms with Gasteiger partial charge in [0.15, 0.2) is 11.6 Å². The van der Waals surface area contributed by atoms with E-state index >= 15 is 0 Å². The molecule has 3 aliphatic rings. The van der Waals surface area contributed by atoms with Gasteiger partial charge < -0.3 is 18.9 Å². The first kappa shape index (κ1) is 198. The maximum absolute atomic E-state index is 13.8. The van der Waals surface area contributed by atoms with Crippen LogP contribution in [0.15, 0.2) is 71.4 Å². The summed E-state index contributed by atoms with van der Waals surface area (Å²) in [5.41, 5.74) is 2.55. The molecule has 3 aliphatic carbocycles. The van der Waals surface area contributed by atoms with Crippen LogP contribution in [-0.2, 0) is 33.3 Å². The molecule has 3 fully saturated rings. The zero-order valence-electron chi connectivity index (χ0n) is 63.9. The van der Waals surface area contributed by atoms with E-state index in [1.165, 1.54) is 37.3 Å². The quantitative estimate of drug-likeness (QED) is 0.0136. The molecule has 3 saturated carbocycles. The van der Waals surface area contributed by atoms with Gasteiger partial charge in [0.05, 0.1) is 70.9 Å². The third kappa shape index (κ3) is 80.8. The summed E-state index contributed by atoms with van der Waals surface area (Å²) < 4.78 is 60.8. The Labute approximate surface area is 1350 Å². The summed E-state index contributed by atoms with van der Waals surface area (Å²) in [5.74, 6) is -2.00. The van der Waals surface area contributed by atoms with Crippen LogP contribution in [0.1, 0.15) is 116 Å². The van der Waals surface area contributed by atoms with Gasteiger partial charge in [-0.1, -0.05) is 40.7 Å². The summed E-state index contributed by atoms with van der Waals surface area (Å²) in [6.45, 7) is 15.8. The molecule has 0 spiro atoms. The van der Waals surface area contributed by atoms with E-state index in [0.717, 1.165) is 35.5 Å². The number of Topliss-reactive ketones (excluding diaryl/α,β-unsaturated/α-hetero) is 2. The van der Waals surface area contributed by atoms with Crippen molar-refractivity contribution in [2.75, 3.05) is 31.8 Å². The summed E-state index contributed by atoms with van der Waals surface area (Å²) >= 11 is 127. The van der Waals surface area contributed by atoms with Gasteiger partial charge >= 0.3 is 954 Å². The van der Waals surface area contributed by atoms with Crippen LogP contribution in [0.25, 0.3) is 0 Å². The minimum absolute atomic E-state index is 0. The van der Waals surface area contributed by atoms with Crippen molar-refractivity contribution in [2.45, 2.75) is 78.6 Å². The first-order valence-corrected chi connectivity index (χ1v) is 456. The van der Waals surface area contributed by atoms with Gasteiger partial charge in [0.25, 0.3) is 0 Å². The zero-order chi connectivity index (χ0) is 101. The van der Waals surface area contributed by atoms with Crippen molar-refractivity contribution >= 4 is 1090 Å². The predicted octanol–water partition coefficient (Wildman–Crippen LogP) is 70.2. The first-order chi connectivity index (χ1) is 60.3. The van der Waals surface area contributed by atoms with E-state index in [1.54, 1.807) is 39.0 Å². The number of ether oxygens (including phenoxy) is 4. The summed E-state index contributed by atoms with van der Waals surface area (Å²) in [6.07, 6.45) is 2.14. The molecular formula is C45H63Br4F3I69O9S6-. The van der Waals surface area contributed by atoms with E-state index in [1.807, 2.05) is 19.9 Å². The Hall–Kier alpha value is 49.1. The maximum Gasteiger partial charge on any atom is -0.197 e. The number of esters is 3. The molecule has 136 heavy (non-hydrogen) atoms. The molecule has 3 aromatic rings. The summed E-state index contributed by atoms with van der Waals surface area (Å²) in [7, 11) is -15.3. The van der Waals surface area contributed by atoms with Crippen molar-refractivity contribution in [1.82, 2.24) is 0 Å². The fourth-order valence-corrected chi connectivity index (χ4v) is 12000. The summed E-state index contributed by atoms with van der Waals surface area (Å²) in [4.78, 5) is 56.9. The second-order valence-corrected chi connectivity index (χ2v) is 1600. The number of carbonyl (C=O) groups excluding carboxylic acids is 5. The first-order valence-electron chi connectivity index (χ1n) is 29.2. The third-order valence-electron chi connectivity index (χ3n) is 12.0. The van der Waals surface area contributed by atoms with Crippen molar-refractivity contribution in [1.29, 1.82) is 0 Å². The Kier molecular flexibility index (Phi) is 170. The number of rotatable bonds is 45. The zero-order valence-corrected chi connectivity index (χ0v) is 225. The van der Waals surface area contributed by atoms with Crippen LogP contribution in [0, 0.1) is 35.2 Å². The van der Waals surface area contributed by atoms with Gasteiger partial charge in [0.1, 0.15) is 17.5 Å². The van der Waals surface area contributed by atoms with Crippen LogP contribution in [-0.4, -0.2) is 61.2 Å². The number of hydrogen-bond acceptors (Lipinski definition) is 9. The number of ketones is 2. The maximum atomic E-state index is 13.8. The number of allylic oxidation sites excluding steroid dienone is 1. The summed E-state index contributed by atoms with van der Waals surface area (Å²) in [6, 6.07) is 14.1. The van der Waals surface area contributed by atoms with E-state index in [2.05, 4.69) is 737 Å². The van der Waals surface area contributed by atoms with Gasteiger partial charge in [-0.05, 0) is 148 Å². The van der Waals surface area contributed by atoms with E-state index in [-0.39, 0.29) is 176 Å². The van der Waals surface area contributed by atoms with Crippen molar-refractivity contribution in [3.8, 4) is 0 Å². The van der Waals surface area contributed by atoms with Gasteiger partial charge in [-0.15, -0.1) is 0 Å². The molecule has 0 amide bonds. The minimum atomic E-state index is -0.531. The number of benzene rings is 3. The standard InChI is InChI=1S/C14H14BrFO3.C14H15FO3.C12H12BrFO2.C5H10O.Br2.I35.I34.6H2S/c1-2-19-14(18)11-6-10(11)8-3-4-9(12(16)5-8)13(17)7-15;1-3-18-14(17)12-7-11(12)9-4-5-10(8(2)16)13(15)6-9;1-2-16-12(15)9-6-8(9)7-3-4-10(13)11(14)5-7;1-4-6-5(2)3;1-2;1-19-21(4)23(6)25(8)27(10)29(12)31(14)33(16)35(18)34(17)32(15)30(13)28(11)26(9)24(7)22(5)20(2)3;1-19(2)21(5)23(7)25(9)27(11)29(13)31(15)33(17)34(18)32(16)30(14)28(12)26(10)24(8)22(6)20(3)4;;;;;;/h3-5,10-11H,2,6-7H2,1H3;4-6,11-12H,3,7H2,1-2H3;3-5,8-9H,2,6H2,1H3;2,4H2,1,3H3;;;;6*1H2/q;;;;;-1;;;;;;;/t10-,11+;11-,12+;8-,9+;;;;;;;;;;/m111........../s1. The van der Waals surface area contributed by atoms with Gasteiger partial charge in [0, 0.05) is 28.3 Å². The van der Waals surface area contributed by atoms with Crippen LogP contribution in [0.2, 0.25) is 0 Å². The Morgan fingerprint density at radius 3 is 0.706 bits per heavy atom. The van der Waals surface area contributed by atoms with Crippen molar-refractivity contribution in [2.24, 2.45) is 17.8 Å². The third-order valence-corrected chi connectivity index (χ3v) is 5050. The largest absolute Gasteiger partial charge is 0.197 e. The molecule has 9 nitrogen and oxygen atoms in total. The molecule has 0 radical (unpaired) electrons. The van der Waals surface area contributed by atoms with Crippen molar-refractivity contribution in [3.63, 3.8) is 0 Å². The minimum Gasteiger partial charge on any atom is -0.197 e. The molecular weight excluding hydrogens is 10000 g/mol. The van der Waals surface area contributed by atoms with Crippen LogP contribution >= 0.6 is 1060 Å². The topological polar surface area (TPSA) is 122 Å². The van der Waals surface area contributed by atoms with Crippen LogP contribution < -0.4 is 13.3 Å². The van der Waals surface area contributed by atoms with Crippen molar-refractivity contribution in [3.05, 3.63) is 117 Å². The molecule has 91 heteroatoms. The molecule has 0 N–H and O–H groups in total. The average Bonchev–Trinajstić information content (AvgIpc) is 1.64. The molecule has 0 bridgehead atoms. The number of hydrogen-bond donors (Lipinski definition) is 0. The number of alkyl halides is 1. The van der Waals surface area contributed by atoms with E-state index in [4.69, 9.17) is 18.9 Å². The van der Waals surface area contributed by atoms with Gasteiger partial charge in [-0.25, -0.2) is 13.2 Å². The second-order valence-electron chi connectivity index (χ2n) is 19.2. The monoisotopic (exact) mass is 10100 g/mol. The molecule has 6 atom stereocenters. The van der Waals surface area contributed by atoms with Crippen molar-refractivity contribution < 1.29 is 69.3 Å². The molecule has 0 unspecified atom stereocenters. The Morgan fingerprint density at radius 2 is 0.537 bits per heavy atom. The molecule has 0 aromatic heterocycles. The van der Waals surface area contributed by atoms with Crippen LogP contribution in [0.5, 0.6) is 0 Å². The molecule has 6 rings (SSSR count). The Morgan fingerprint density at radius 1 is 0.338 bits per heavy atom. The molecule has 0 aliphatic heterocycles. The predicted molar refractivity (Wildman–Crippen MR) is 1260 cm³/mol. The average molecular weight is 10100 g/mol. The molecule has 866 valence electrons. The van der Waals surface area contributed by atoms with Crippen LogP contribution in [0.3, 0.4) is 0 Å². The molecule has 0 saturated heterocycles. The normalized spacial score (nSPS) is 18.2. The molecule has 0 heterocycles. The smallest absolute Gasteiger partial charge is 0.197 e. The second kappa shape index (κ2) is 117. The van der Waals surface area contributed by atoms with E-state index < -0.39 is 256 Å². The number of carbonyl (C=O) groups is 5. The van der Waals surface area contributed by atoms with Gasteiger partial charge in [0.2, 0.25) is 0 Å². The molecule has 3 aromatic carbocycles. The van der Waals surface area contributed by atoms with Gasteiger partial charge in [-0.3, -0.25) is 24.0 Å². The van der Waals surface area contributed by atoms with E-state index in [0.29, 0.717) is 50.4 Å².